The van der Waals surface area contributed by atoms with Crippen molar-refractivity contribution >= 4 is 17.3 Å². The molecule has 0 radical (unpaired) electrons. The Morgan fingerprint density at radius 1 is 1.27 bits per heavy atom. The summed E-state index contributed by atoms with van der Waals surface area (Å²) in [4.78, 5) is 6.48. The van der Waals surface area contributed by atoms with Crippen molar-refractivity contribution in [2.45, 2.75) is 18.9 Å². The minimum atomic E-state index is 0.0783. The third-order valence-electron chi connectivity index (χ3n) is 3.86. The zero-order valence-electron chi connectivity index (χ0n) is 12.3. The van der Waals surface area contributed by atoms with Crippen molar-refractivity contribution in [2.75, 3.05) is 24.6 Å². The van der Waals surface area contributed by atoms with E-state index in [1.807, 2.05) is 12.1 Å². The van der Waals surface area contributed by atoms with Gasteiger partial charge >= 0.3 is 0 Å². The number of ether oxygens (including phenoxy) is 1. The number of benzene rings is 1. The molecule has 1 saturated heterocycles. The van der Waals surface area contributed by atoms with Crippen molar-refractivity contribution in [3.63, 3.8) is 0 Å². The van der Waals surface area contributed by atoms with E-state index < -0.39 is 0 Å². The SMILES string of the molecule is OCCc1ccccc1N1CC[C@H](Oc2ncccc2Cl)C1. The second-order valence-electron chi connectivity index (χ2n) is 5.37. The van der Waals surface area contributed by atoms with E-state index in [9.17, 15) is 5.11 Å². The Balaban J connectivity index is 1.69. The van der Waals surface area contributed by atoms with Crippen LogP contribution in [-0.2, 0) is 6.42 Å². The molecule has 1 aliphatic heterocycles. The predicted molar refractivity (Wildman–Crippen MR) is 87.7 cm³/mol. The average Bonchev–Trinajstić information content (AvgIpc) is 2.99. The van der Waals surface area contributed by atoms with Crippen molar-refractivity contribution in [1.82, 2.24) is 4.98 Å². The number of aliphatic hydroxyl groups is 1. The number of hydrogen-bond donors (Lipinski definition) is 1. The minimum Gasteiger partial charge on any atom is -0.471 e. The van der Waals surface area contributed by atoms with Crippen LogP contribution in [0.1, 0.15) is 12.0 Å². The van der Waals surface area contributed by atoms with Gasteiger partial charge in [-0.3, -0.25) is 0 Å². The van der Waals surface area contributed by atoms with Gasteiger partial charge in [0.05, 0.1) is 6.54 Å². The van der Waals surface area contributed by atoms with E-state index in [0.717, 1.165) is 19.5 Å². The van der Waals surface area contributed by atoms with E-state index in [0.29, 0.717) is 17.3 Å². The standard InChI is InChI=1S/C17H19ClN2O2/c18-15-5-3-9-19-17(15)22-14-7-10-20(12-14)16-6-2-1-4-13(16)8-11-21/h1-6,9,14,21H,7-8,10-12H2/t14-/m0/s1. The summed E-state index contributed by atoms with van der Waals surface area (Å²) in [6, 6.07) is 11.8. The van der Waals surface area contributed by atoms with Crippen LogP contribution in [0.5, 0.6) is 5.88 Å². The first-order valence-corrected chi connectivity index (χ1v) is 7.86. The molecule has 0 saturated carbocycles. The minimum absolute atomic E-state index is 0.0783. The largest absolute Gasteiger partial charge is 0.471 e. The first kappa shape index (κ1) is 15.1. The molecule has 0 spiro atoms. The predicted octanol–water partition coefficient (Wildman–Crippen LogP) is 2.93. The molecule has 5 heteroatoms. The number of rotatable bonds is 5. The zero-order chi connectivity index (χ0) is 15.4. The molecule has 1 fully saturated rings. The second-order valence-corrected chi connectivity index (χ2v) is 5.77. The number of nitrogens with zero attached hydrogens (tertiary/aromatic N) is 2. The number of aromatic nitrogens is 1. The monoisotopic (exact) mass is 318 g/mol. The quantitative estimate of drug-likeness (QED) is 0.920. The zero-order valence-corrected chi connectivity index (χ0v) is 13.0. The molecule has 1 N–H and O–H groups in total. The van der Waals surface area contributed by atoms with E-state index in [-0.39, 0.29) is 12.7 Å². The second kappa shape index (κ2) is 6.99. The molecular formula is C17H19ClN2O2. The molecule has 1 aromatic heterocycles. The van der Waals surface area contributed by atoms with Gasteiger partial charge in [0.15, 0.2) is 0 Å². The fourth-order valence-corrected chi connectivity index (χ4v) is 2.98. The van der Waals surface area contributed by atoms with Gasteiger partial charge in [0, 0.05) is 31.5 Å². The Morgan fingerprint density at radius 2 is 2.14 bits per heavy atom. The number of aliphatic hydroxyl groups excluding tert-OH is 1. The van der Waals surface area contributed by atoms with Gasteiger partial charge in [-0.1, -0.05) is 29.8 Å². The number of pyridine rings is 1. The van der Waals surface area contributed by atoms with Crippen LogP contribution < -0.4 is 9.64 Å². The molecule has 0 bridgehead atoms. The molecule has 2 heterocycles. The first-order valence-electron chi connectivity index (χ1n) is 7.49. The lowest BCUT2D eigenvalue weighted by atomic mass is 10.1. The van der Waals surface area contributed by atoms with E-state index in [1.165, 1.54) is 11.3 Å². The summed E-state index contributed by atoms with van der Waals surface area (Å²) >= 11 is 6.09. The summed E-state index contributed by atoms with van der Waals surface area (Å²) in [5, 5.41) is 9.74. The Labute approximate surface area is 135 Å². The molecule has 1 aromatic carbocycles. The van der Waals surface area contributed by atoms with Crippen LogP contribution in [-0.4, -0.2) is 35.9 Å². The Bertz CT molecular complexity index is 636. The van der Waals surface area contributed by atoms with E-state index in [1.54, 1.807) is 18.3 Å². The lowest BCUT2D eigenvalue weighted by molar-refractivity contribution is 0.216. The third-order valence-corrected chi connectivity index (χ3v) is 4.15. The van der Waals surface area contributed by atoms with Gasteiger partial charge in [-0.15, -0.1) is 0 Å². The molecule has 0 aliphatic carbocycles. The van der Waals surface area contributed by atoms with E-state index in [4.69, 9.17) is 16.3 Å². The Hall–Kier alpha value is -1.78. The third kappa shape index (κ3) is 3.34. The summed E-state index contributed by atoms with van der Waals surface area (Å²) in [6.07, 6.45) is 3.37. The summed E-state index contributed by atoms with van der Waals surface area (Å²) < 4.78 is 5.92. The number of hydrogen-bond acceptors (Lipinski definition) is 4. The maximum Gasteiger partial charge on any atom is 0.232 e. The van der Waals surface area contributed by atoms with E-state index >= 15 is 0 Å². The maximum atomic E-state index is 9.20. The van der Waals surface area contributed by atoms with Gasteiger partial charge in [0.2, 0.25) is 5.88 Å². The van der Waals surface area contributed by atoms with Crippen LogP contribution in [0.2, 0.25) is 5.02 Å². The van der Waals surface area contributed by atoms with Crippen LogP contribution in [0.4, 0.5) is 5.69 Å². The Morgan fingerprint density at radius 3 is 2.95 bits per heavy atom. The molecule has 22 heavy (non-hydrogen) atoms. The lowest BCUT2D eigenvalue weighted by Crippen LogP contribution is -2.25. The van der Waals surface area contributed by atoms with Gasteiger partial charge < -0.3 is 14.7 Å². The normalized spacial score (nSPS) is 17.7. The summed E-state index contributed by atoms with van der Waals surface area (Å²) in [5.41, 5.74) is 2.34. The molecule has 3 rings (SSSR count). The van der Waals surface area contributed by atoms with Crippen molar-refractivity contribution in [3.05, 3.63) is 53.2 Å². The highest BCUT2D eigenvalue weighted by Crippen LogP contribution is 2.28. The van der Waals surface area contributed by atoms with Crippen LogP contribution >= 0.6 is 11.6 Å². The first-order chi connectivity index (χ1) is 10.8. The average molecular weight is 319 g/mol. The molecule has 0 unspecified atom stereocenters. The molecule has 2 aromatic rings. The van der Waals surface area contributed by atoms with Gasteiger partial charge in [0.25, 0.3) is 0 Å². The fourth-order valence-electron chi connectivity index (χ4n) is 2.81. The van der Waals surface area contributed by atoms with Crippen LogP contribution in [0, 0.1) is 0 Å². The number of anilines is 1. The number of halogens is 1. The van der Waals surface area contributed by atoms with Crippen LogP contribution in [0.3, 0.4) is 0 Å². The number of para-hydroxylation sites is 1. The molecule has 0 amide bonds. The maximum absolute atomic E-state index is 9.20. The van der Waals surface area contributed by atoms with Crippen molar-refractivity contribution in [1.29, 1.82) is 0 Å². The van der Waals surface area contributed by atoms with Gasteiger partial charge in [0.1, 0.15) is 11.1 Å². The highest BCUT2D eigenvalue weighted by molar-refractivity contribution is 6.31. The molecule has 1 aliphatic rings. The topological polar surface area (TPSA) is 45.6 Å². The molecule has 1 atom stereocenters. The van der Waals surface area contributed by atoms with Crippen molar-refractivity contribution < 1.29 is 9.84 Å². The van der Waals surface area contributed by atoms with Crippen molar-refractivity contribution in [2.24, 2.45) is 0 Å². The summed E-state index contributed by atoms with van der Waals surface area (Å²) in [6.45, 7) is 1.89. The fraction of sp³-hybridized carbons (Fsp3) is 0.353. The Kier molecular flexibility index (Phi) is 4.80. The highest BCUT2D eigenvalue weighted by Gasteiger charge is 2.26. The summed E-state index contributed by atoms with van der Waals surface area (Å²) in [7, 11) is 0. The molecular weight excluding hydrogens is 300 g/mol. The van der Waals surface area contributed by atoms with Crippen LogP contribution in [0.25, 0.3) is 0 Å². The van der Waals surface area contributed by atoms with Gasteiger partial charge in [-0.2, -0.15) is 0 Å². The smallest absolute Gasteiger partial charge is 0.232 e. The van der Waals surface area contributed by atoms with Gasteiger partial charge in [-0.05, 0) is 30.2 Å². The highest BCUT2D eigenvalue weighted by atomic mass is 35.5. The molecule has 4 nitrogen and oxygen atoms in total. The van der Waals surface area contributed by atoms with E-state index in [2.05, 4.69) is 22.0 Å². The summed E-state index contributed by atoms with van der Waals surface area (Å²) in [5.74, 6) is 0.500. The van der Waals surface area contributed by atoms with Gasteiger partial charge in [-0.25, -0.2) is 4.98 Å². The lowest BCUT2D eigenvalue weighted by Gasteiger charge is -2.22. The van der Waals surface area contributed by atoms with Crippen LogP contribution in [0.15, 0.2) is 42.6 Å². The molecule has 116 valence electrons. The van der Waals surface area contributed by atoms with Crippen molar-refractivity contribution in [3.8, 4) is 5.88 Å².